The Morgan fingerprint density at radius 1 is 1.33 bits per heavy atom. The molecule has 1 aromatic carbocycles. The van der Waals surface area contributed by atoms with Crippen LogP contribution in [0.2, 0.25) is 0 Å². The lowest BCUT2D eigenvalue weighted by Crippen LogP contribution is -1.96. The zero-order valence-corrected chi connectivity index (χ0v) is 14.4. The molecule has 24 heavy (non-hydrogen) atoms. The van der Waals surface area contributed by atoms with Gasteiger partial charge >= 0.3 is 5.97 Å². The normalized spacial score (nSPS) is 12.0. The number of para-hydroxylation sites is 1. The highest BCUT2D eigenvalue weighted by Gasteiger charge is 2.15. The number of carboxylic acid groups (broad SMARTS) is 1. The van der Waals surface area contributed by atoms with Crippen LogP contribution in [0, 0.1) is 6.92 Å². The quantitative estimate of drug-likeness (QED) is 0.710. The predicted octanol–water partition coefficient (Wildman–Crippen LogP) is 4.56. The summed E-state index contributed by atoms with van der Waals surface area (Å²) in [4.78, 5) is 15.7. The van der Waals surface area contributed by atoms with Crippen molar-refractivity contribution in [2.75, 3.05) is 0 Å². The number of allylic oxidation sites excluding steroid dienone is 1. The number of benzene rings is 1. The van der Waals surface area contributed by atoms with Crippen LogP contribution in [-0.2, 0) is 11.2 Å². The standard InChI is InChI=1S/C18H18N2O3S/c1-3-15-13(11(2)20-23-15)10-12(8-9-17(21)22)18-19-14-6-4-5-7-16(14)24-18/h4-7,10H,3,8-9H2,1-2H3,(H,21,22)/b12-10+. The van der Waals surface area contributed by atoms with Crippen molar-refractivity contribution in [1.82, 2.24) is 10.1 Å². The van der Waals surface area contributed by atoms with E-state index in [-0.39, 0.29) is 6.42 Å². The molecule has 0 amide bonds. The van der Waals surface area contributed by atoms with Crippen molar-refractivity contribution < 1.29 is 14.4 Å². The molecule has 1 N–H and O–H groups in total. The molecule has 0 unspecified atom stereocenters. The van der Waals surface area contributed by atoms with Gasteiger partial charge in [-0.2, -0.15) is 0 Å². The Balaban J connectivity index is 2.06. The van der Waals surface area contributed by atoms with Crippen molar-refractivity contribution in [2.45, 2.75) is 33.1 Å². The molecular formula is C18H18N2O3S. The van der Waals surface area contributed by atoms with Gasteiger partial charge in [-0.05, 0) is 37.1 Å². The smallest absolute Gasteiger partial charge is 0.303 e. The van der Waals surface area contributed by atoms with Crippen molar-refractivity contribution in [2.24, 2.45) is 0 Å². The summed E-state index contributed by atoms with van der Waals surface area (Å²) in [6, 6.07) is 7.91. The van der Waals surface area contributed by atoms with Crippen LogP contribution in [0.1, 0.15) is 41.8 Å². The first-order valence-corrected chi connectivity index (χ1v) is 8.63. The highest BCUT2D eigenvalue weighted by Crippen LogP contribution is 2.32. The second kappa shape index (κ2) is 6.97. The molecule has 0 aliphatic carbocycles. The average Bonchev–Trinajstić information content (AvgIpc) is 3.14. The molecule has 0 saturated heterocycles. The summed E-state index contributed by atoms with van der Waals surface area (Å²) in [6.45, 7) is 3.90. The molecule has 0 bridgehead atoms. The van der Waals surface area contributed by atoms with Crippen molar-refractivity contribution in [3.8, 4) is 0 Å². The number of thiazole rings is 1. The van der Waals surface area contributed by atoms with Crippen molar-refractivity contribution >= 4 is 39.2 Å². The van der Waals surface area contributed by atoms with E-state index in [1.165, 1.54) is 0 Å². The first kappa shape index (κ1) is 16.4. The Morgan fingerprint density at radius 3 is 2.83 bits per heavy atom. The Hall–Kier alpha value is -2.47. The van der Waals surface area contributed by atoms with Crippen LogP contribution in [0.3, 0.4) is 0 Å². The average molecular weight is 342 g/mol. The van der Waals surface area contributed by atoms with E-state index in [0.717, 1.165) is 44.2 Å². The third kappa shape index (κ3) is 3.38. The molecule has 124 valence electrons. The molecule has 0 fully saturated rings. The summed E-state index contributed by atoms with van der Waals surface area (Å²) in [5.74, 6) is -0.0128. The molecule has 5 nitrogen and oxygen atoms in total. The monoisotopic (exact) mass is 342 g/mol. The minimum absolute atomic E-state index is 0.0630. The lowest BCUT2D eigenvalue weighted by molar-refractivity contribution is -0.136. The second-order valence-electron chi connectivity index (χ2n) is 5.51. The van der Waals surface area contributed by atoms with Gasteiger partial charge in [-0.3, -0.25) is 4.79 Å². The fourth-order valence-corrected chi connectivity index (χ4v) is 3.54. The third-order valence-corrected chi connectivity index (χ3v) is 4.91. The first-order valence-electron chi connectivity index (χ1n) is 7.82. The van der Waals surface area contributed by atoms with Gasteiger partial charge in [-0.25, -0.2) is 4.98 Å². The SMILES string of the molecule is CCc1onc(C)c1/C=C(\CCC(=O)O)c1nc2ccccc2s1. The van der Waals surface area contributed by atoms with E-state index in [9.17, 15) is 4.79 Å². The van der Waals surface area contributed by atoms with E-state index in [2.05, 4.69) is 10.1 Å². The number of carbonyl (C=O) groups is 1. The van der Waals surface area contributed by atoms with Crippen molar-refractivity contribution in [3.05, 3.63) is 46.3 Å². The summed E-state index contributed by atoms with van der Waals surface area (Å²) >= 11 is 1.57. The highest BCUT2D eigenvalue weighted by atomic mass is 32.1. The van der Waals surface area contributed by atoms with Gasteiger partial charge in [0.1, 0.15) is 10.8 Å². The van der Waals surface area contributed by atoms with Crippen molar-refractivity contribution in [1.29, 1.82) is 0 Å². The van der Waals surface area contributed by atoms with Gasteiger partial charge in [-0.15, -0.1) is 11.3 Å². The maximum Gasteiger partial charge on any atom is 0.303 e. The van der Waals surface area contributed by atoms with Crippen LogP contribution < -0.4 is 0 Å². The van der Waals surface area contributed by atoms with E-state index in [1.807, 2.05) is 44.2 Å². The van der Waals surface area contributed by atoms with Gasteiger partial charge in [0.2, 0.25) is 0 Å². The largest absolute Gasteiger partial charge is 0.481 e. The maximum absolute atomic E-state index is 11.0. The summed E-state index contributed by atoms with van der Waals surface area (Å²) in [5, 5.41) is 13.9. The number of aromatic nitrogens is 2. The molecule has 2 aromatic heterocycles. The highest BCUT2D eigenvalue weighted by molar-refractivity contribution is 7.19. The summed E-state index contributed by atoms with van der Waals surface area (Å²) in [5.41, 5.74) is 3.56. The van der Waals surface area contributed by atoms with Gasteiger partial charge in [-0.1, -0.05) is 24.2 Å². The third-order valence-electron chi connectivity index (χ3n) is 3.80. The number of rotatable bonds is 6. The second-order valence-corrected chi connectivity index (χ2v) is 6.54. The van der Waals surface area contributed by atoms with Crippen LogP contribution in [0.5, 0.6) is 0 Å². The molecule has 3 aromatic rings. The minimum Gasteiger partial charge on any atom is -0.481 e. The minimum atomic E-state index is -0.820. The lowest BCUT2D eigenvalue weighted by atomic mass is 10.0. The molecule has 2 heterocycles. The van der Waals surface area contributed by atoms with Crippen LogP contribution in [0.15, 0.2) is 28.8 Å². The number of nitrogens with zero attached hydrogens (tertiary/aromatic N) is 2. The van der Waals surface area contributed by atoms with Crippen LogP contribution >= 0.6 is 11.3 Å². The molecule has 3 rings (SSSR count). The number of aliphatic carboxylic acids is 1. The van der Waals surface area contributed by atoms with Gasteiger partial charge in [0.15, 0.2) is 0 Å². The maximum atomic E-state index is 11.0. The van der Waals surface area contributed by atoms with Gasteiger partial charge in [0.05, 0.1) is 15.9 Å². The lowest BCUT2D eigenvalue weighted by Gasteiger charge is -2.03. The van der Waals surface area contributed by atoms with Gasteiger partial charge in [0, 0.05) is 18.4 Å². The molecular weight excluding hydrogens is 324 g/mol. The molecule has 0 aliphatic rings. The van der Waals surface area contributed by atoms with E-state index >= 15 is 0 Å². The molecule has 0 saturated carbocycles. The van der Waals surface area contributed by atoms with Gasteiger partial charge < -0.3 is 9.63 Å². The summed E-state index contributed by atoms with van der Waals surface area (Å²) < 4.78 is 6.43. The number of hydrogen-bond donors (Lipinski definition) is 1. The molecule has 0 radical (unpaired) electrons. The number of hydrogen-bond acceptors (Lipinski definition) is 5. The van der Waals surface area contributed by atoms with Crippen LogP contribution in [-0.4, -0.2) is 21.2 Å². The summed E-state index contributed by atoms with van der Waals surface area (Å²) in [7, 11) is 0. The molecule has 0 aliphatic heterocycles. The Kier molecular flexibility index (Phi) is 4.76. The predicted molar refractivity (Wildman–Crippen MR) is 95.0 cm³/mol. The zero-order valence-electron chi connectivity index (χ0n) is 13.6. The molecule has 6 heteroatoms. The van der Waals surface area contributed by atoms with Crippen molar-refractivity contribution in [3.63, 3.8) is 0 Å². The Bertz CT molecular complexity index is 875. The molecule has 0 spiro atoms. The van der Waals surface area contributed by atoms with Crippen LogP contribution in [0.4, 0.5) is 0 Å². The fraction of sp³-hybridized carbons (Fsp3) is 0.278. The number of fused-ring (bicyclic) bond motifs is 1. The zero-order chi connectivity index (χ0) is 17.1. The summed E-state index contributed by atoms with van der Waals surface area (Å²) in [6.07, 6.45) is 3.19. The van der Waals surface area contributed by atoms with E-state index in [0.29, 0.717) is 6.42 Å². The van der Waals surface area contributed by atoms with E-state index in [4.69, 9.17) is 9.63 Å². The number of aryl methyl sites for hydroxylation is 2. The molecule has 0 atom stereocenters. The van der Waals surface area contributed by atoms with Crippen LogP contribution in [0.25, 0.3) is 21.9 Å². The van der Waals surface area contributed by atoms with E-state index in [1.54, 1.807) is 11.3 Å². The van der Waals surface area contributed by atoms with Gasteiger partial charge in [0.25, 0.3) is 0 Å². The van der Waals surface area contributed by atoms with E-state index < -0.39 is 5.97 Å². The number of carboxylic acids is 1. The Labute approximate surface area is 143 Å². The topological polar surface area (TPSA) is 76.2 Å². The first-order chi connectivity index (χ1) is 11.6. The Morgan fingerprint density at radius 2 is 2.12 bits per heavy atom. The fourth-order valence-electron chi connectivity index (χ4n) is 2.53.